The number of allylic oxidation sites excluding steroid dienone is 1. The molecule has 2 bridgehead atoms. The number of aromatic nitrogens is 3. The molecule has 3 aromatic carbocycles. The maximum atomic E-state index is 15.2. The number of amides is 3. The smallest absolute Gasteiger partial charge is 0.313 e. The molecule has 0 radical (unpaired) electrons. The highest BCUT2D eigenvalue weighted by molar-refractivity contribution is 9.09. The standard InChI is InChI=1S/C41H43BrN6O7/c1-3-5-20-33(50)43-23-32(27-16-10-7-11-17-27)54-40(53)34-35-38(51)48(31(24-49)26-14-8-6-9-15-26)37(41(35)22-28(42)36(34)55-41)39(52)46(21-4-2)25-47-30-19-13-12-18-29(30)44-45-47/h3-4,6-19,28,31-32,34-37,49H,1-2,5,20-25H2,(H,43,50)/t28?,31-,32+,34-,35+,36-,37-,41+/m1/s1. The highest BCUT2D eigenvalue weighted by Gasteiger charge is 2.77. The molecule has 3 aliphatic heterocycles. The van der Waals surface area contributed by atoms with Crippen LogP contribution in [0.25, 0.3) is 11.0 Å². The molecule has 286 valence electrons. The van der Waals surface area contributed by atoms with Crippen molar-refractivity contribution in [3.05, 3.63) is 121 Å². The van der Waals surface area contributed by atoms with E-state index in [0.717, 1.165) is 0 Å². The number of alkyl halides is 1. The minimum atomic E-state index is -1.45. The number of hydrogen-bond acceptors (Lipinski definition) is 9. The van der Waals surface area contributed by atoms with Gasteiger partial charge in [-0.3, -0.25) is 19.2 Å². The molecule has 7 rings (SSSR count). The molecular formula is C41H43BrN6O7. The number of halogens is 1. The van der Waals surface area contributed by atoms with E-state index in [4.69, 9.17) is 9.47 Å². The first-order chi connectivity index (χ1) is 26.7. The molecule has 2 N–H and O–H groups in total. The third kappa shape index (κ3) is 7.09. The van der Waals surface area contributed by atoms with Crippen LogP contribution in [0.4, 0.5) is 0 Å². The lowest BCUT2D eigenvalue weighted by Gasteiger charge is -2.39. The SMILES string of the molecule is C=CCCC(=O)NC[C@H](OC(=O)[C@H]1[C@@H]2O[C@@]3(CC2Br)[C@@H]1C(=O)N([C@H](CO)c1ccccc1)[C@@H]3C(=O)N(CC=C)Cn1nnc2ccccc21)c1ccccc1. The molecule has 4 aromatic rings. The lowest BCUT2D eigenvalue weighted by atomic mass is 9.70. The third-order valence-electron chi connectivity index (χ3n) is 10.8. The number of carbonyl (C=O) groups is 4. The highest BCUT2D eigenvalue weighted by Crippen LogP contribution is 2.61. The normalized spacial score (nSPS) is 24.9. The van der Waals surface area contributed by atoms with Crippen LogP contribution in [0.15, 0.2) is 110 Å². The Kier molecular flexibility index (Phi) is 11.3. The van der Waals surface area contributed by atoms with Gasteiger partial charge in [0, 0.05) is 17.8 Å². The predicted octanol–water partition coefficient (Wildman–Crippen LogP) is 4.25. The average Bonchev–Trinajstić information content (AvgIpc) is 3.93. The van der Waals surface area contributed by atoms with Crippen LogP contribution in [-0.2, 0) is 35.3 Å². The topological polar surface area (TPSA) is 156 Å². The highest BCUT2D eigenvalue weighted by atomic mass is 79.9. The first-order valence-electron chi connectivity index (χ1n) is 18.3. The Labute approximate surface area is 327 Å². The number of likely N-dealkylation sites (tertiary alicyclic amines) is 1. The van der Waals surface area contributed by atoms with Crippen LogP contribution in [0.1, 0.15) is 42.5 Å². The van der Waals surface area contributed by atoms with Gasteiger partial charge < -0.3 is 29.7 Å². The number of para-hydroxylation sites is 1. The summed E-state index contributed by atoms with van der Waals surface area (Å²) in [4.78, 5) is 59.9. The van der Waals surface area contributed by atoms with Crippen molar-refractivity contribution < 1.29 is 33.8 Å². The van der Waals surface area contributed by atoms with Gasteiger partial charge in [0.25, 0.3) is 0 Å². The zero-order valence-electron chi connectivity index (χ0n) is 30.2. The summed E-state index contributed by atoms with van der Waals surface area (Å²) in [6.07, 6.45) is 2.55. The molecule has 3 fully saturated rings. The Morgan fingerprint density at radius 1 is 1.04 bits per heavy atom. The van der Waals surface area contributed by atoms with Gasteiger partial charge in [-0.05, 0) is 36.1 Å². The van der Waals surface area contributed by atoms with Gasteiger partial charge in [0.15, 0.2) is 0 Å². The molecule has 13 nitrogen and oxygen atoms in total. The van der Waals surface area contributed by atoms with Gasteiger partial charge in [-0.25, -0.2) is 4.68 Å². The maximum Gasteiger partial charge on any atom is 0.313 e. The molecule has 14 heteroatoms. The van der Waals surface area contributed by atoms with Crippen LogP contribution >= 0.6 is 15.9 Å². The molecule has 0 saturated carbocycles. The summed E-state index contributed by atoms with van der Waals surface area (Å²) in [6.45, 7) is 7.18. The van der Waals surface area contributed by atoms with Crippen LogP contribution in [0.5, 0.6) is 0 Å². The number of carbonyl (C=O) groups excluding carboxylic acids is 4. The van der Waals surface area contributed by atoms with E-state index >= 15 is 9.59 Å². The van der Waals surface area contributed by atoms with Crippen molar-refractivity contribution in [2.45, 2.75) is 60.7 Å². The number of fused-ring (bicyclic) bond motifs is 2. The third-order valence-corrected chi connectivity index (χ3v) is 11.6. The number of nitrogens with zero attached hydrogens (tertiary/aromatic N) is 5. The summed E-state index contributed by atoms with van der Waals surface area (Å²) in [5, 5.41) is 22.3. The number of rotatable bonds is 16. The average molecular weight is 812 g/mol. The number of benzene rings is 3. The van der Waals surface area contributed by atoms with E-state index in [1.165, 1.54) is 9.80 Å². The van der Waals surface area contributed by atoms with Crippen LogP contribution in [0, 0.1) is 11.8 Å². The fraction of sp³-hybridized carbons (Fsp3) is 0.366. The quantitative estimate of drug-likeness (QED) is 0.0960. The summed E-state index contributed by atoms with van der Waals surface area (Å²) in [5.41, 5.74) is 1.19. The Morgan fingerprint density at radius 2 is 1.73 bits per heavy atom. The van der Waals surface area contributed by atoms with Crippen molar-refractivity contribution >= 4 is 50.7 Å². The van der Waals surface area contributed by atoms with Gasteiger partial charge in [0.05, 0.1) is 42.6 Å². The van der Waals surface area contributed by atoms with E-state index in [0.29, 0.717) is 28.6 Å². The van der Waals surface area contributed by atoms with Crippen molar-refractivity contribution in [3.8, 4) is 0 Å². The van der Waals surface area contributed by atoms with Gasteiger partial charge in [0.1, 0.15) is 29.9 Å². The summed E-state index contributed by atoms with van der Waals surface area (Å²) < 4.78 is 14.6. The Balaban J connectivity index is 1.26. The van der Waals surface area contributed by atoms with E-state index in [1.807, 2.05) is 48.5 Å². The zero-order chi connectivity index (χ0) is 38.7. The number of aliphatic hydroxyl groups is 1. The van der Waals surface area contributed by atoms with Crippen LogP contribution in [0.3, 0.4) is 0 Å². The summed E-state index contributed by atoms with van der Waals surface area (Å²) >= 11 is 3.74. The number of hydrogen-bond donors (Lipinski definition) is 2. The lowest BCUT2D eigenvalue weighted by molar-refractivity contribution is -0.161. The minimum absolute atomic E-state index is 0.00673. The second-order valence-corrected chi connectivity index (χ2v) is 15.2. The molecule has 3 amide bonds. The van der Waals surface area contributed by atoms with Gasteiger partial charge >= 0.3 is 5.97 Å². The zero-order valence-corrected chi connectivity index (χ0v) is 31.7. The van der Waals surface area contributed by atoms with Crippen LogP contribution in [-0.4, -0.2) is 95.9 Å². The van der Waals surface area contributed by atoms with Crippen molar-refractivity contribution in [1.82, 2.24) is 30.1 Å². The number of aliphatic hydroxyl groups excluding tert-OH is 1. The van der Waals surface area contributed by atoms with Gasteiger partial charge in [-0.2, -0.15) is 0 Å². The largest absolute Gasteiger partial charge is 0.455 e. The predicted molar refractivity (Wildman–Crippen MR) is 206 cm³/mol. The van der Waals surface area contributed by atoms with E-state index in [9.17, 15) is 14.7 Å². The second-order valence-electron chi connectivity index (χ2n) is 14.1. The number of ether oxygens (including phenoxy) is 2. The maximum absolute atomic E-state index is 15.2. The van der Waals surface area contributed by atoms with Crippen molar-refractivity contribution in [2.24, 2.45) is 11.8 Å². The molecule has 3 saturated heterocycles. The molecule has 8 atom stereocenters. The summed E-state index contributed by atoms with van der Waals surface area (Å²) in [6, 6.07) is 23.3. The number of nitrogens with one attached hydrogen (secondary N) is 1. The molecule has 1 spiro atoms. The fourth-order valence-corrected chi connectivity index (χ4v) is 9.30. The van der Waals surface area contributed by atoms with Crippen molar-refractivity contribution in [2.75, 3.05) is 19.7 Å². The van der Waals surface area contributed by atoms with Gasteiger partial charge in [0.2, 0.25) is 17.7 Å². The van der Waals surface area contributed by atoms with E-state index < -0.39 is 70.9 Å². The lowest BCUT2D eigenvalue weighted by Crippen LogP contribution is -2.57. The summed E-state index contributed by atoms with van der Waals surface area (Å²) in [5.74, 6) is -4.07. The molecular weight excluding hydrogens is 768 g/mol. The van der Waals surface area contributed by atoms with Crippen molar-refractivity contribution in [1.29, 1.82) is 0 Å². The minimum Gasteiger partial charge on any atom is -0.455 e. The second kappa shape index (κ2) is 16.3. The molecule has 3 aliphatic rings. The molecule has 1 aromatic heterocycles. The number of esters is 1. The van der Waals surface area contributed by atoms with E-state index in [-0.39, 0.29) is 38.5 Å². The molecule has 55 heavy (non-hydrogen) atoms. The molecule has 1 unspecified atom stereocenters. The van der Waals surface area contributed by atoms with Crippen LogP contribution in [0.2, 0.25) is 0 Å². The fourth-order valence-electron chi connectivity index (χ4n) is 8.35. The van der Waals surface area contributed by atoms with Crippen molar-refractivity contribution in [3.63, 3.8) is 0 Å². The van der Waals surface area contributed by atoms with Crippen LogP contribution < -0.4 is 5.32 Å². The first-order valence-corrected chi connectivity index (χ1v) is 19.2. The van der Waals surface area contributed by atoms with Gasteiger partial charge in [-0.15, -0.1) is 18.3 Å². The monoisotopic (exact) mass is 810 g/mol. The Bertz CT molecular complexity index is 2060. The molecule has 0 aliphatic carbocycles. The van der Waals surface area contributed by atoms with E-state index in [1.54, 1.807) is 53.2 Å². The molecule has 4 heterocycles. The Hall–Kier alpha value is -5.18. The van der Waals surface area contributed by atoms with Gasteiger partial charge in [-0.1, -0.05) is 106 Å². The Morgan fingerprint density at radius 3 is 2.42 bits per heavy atom. The van der Waals surface area contributed by atoms with E-state index in [2.05, 4.69) is 44.7 Å². The first kappa shape index (κ1) is 38.1. The summed E-state index contributed by atoms with van der Waals surface area (Å²) in [7, 11) is 0.